The molecule has 156 valence electrons. The van der Waals surface area contributed by atoms with Crippen molar-refractivity contribution < 1.29 is 19.4 Å². The first-order valence-electron chi connectivity index (χ1n) is 9.08. The number of carbonyl (C=O) groups is 1. The third kappa shape index (κ3) is 4.70. The Kier molecular flexibility index (Phi) is 7.06. The van der Waals surface area contributed by atoms with Crippen LogP contribution in [0.15, 0.2) is 36.5 Å². The van der Waals surface area contributed by atoms with Crippen LogP contribution in [0, 0.1) is 0 Å². The highest BCUT2D eigenvalue weighted by molar-refractivity contribution is 7.99. The number of benzene rings is 1. The van der Waals surface area contributed by atoms with Gasteiger partial charge in [-0.15, -0.1) is 0 Å². The number of aromatic nitrogens is 1. The van der Waals surface area contributed by atoms with Gasteiger partial charge in [-0.05, 0) is 36.6 Å². The highest BCUT2D eigenvalue weighted by atomic mass is 35.5. The zero-order chi connectivity index (χ0) is 21.1. The van der Waals surface area contributed by atoms with Crippen LogP contribution in [0.3, 0.4) is 0 Å². The Morgan fingerprint density at radius 3 is 2.83 bits per heavy atom. The van der Waals surface area contributed by atoms with E-state index in [1.54, 1.807) is 24.3 Å². The van der Waals surface area contributed by atoms with Crippen LogP contribution in [-0.2, 0) is 22.6 Å². The first kappa shape index (κ1) is 22.3. The summed E-state index contributed by atoms with van der Waals surface area (Å²) in [5.41, 5.74) is -2.81. The Morgan fingerprint density at radius 2 is 2.10 bits per heavy atom. The molecule has 29 heavy (non-hydrogen) atoms. The molecule has 1 heterocycles. The molecule has 1 aliphatic carbocycles. The summed E-state index contributed by atoms with van der Waals surface area (Å²) >= 11 is 13.3. The standard InChI is InChI=1S/C20H21Cl2FN2O3S/c21-14-4-3-13(16(22)10-14)11-25-18(27)20(23)6-5-19(28,12-29-9-8-26)17-15(20)2-1-7-24-17/h1-4,7,10,26,28H,5-6,8-9,11-12H2,(H,25,27)/t19-,20+/m1/s1. The van der Waals surface area contributed by atoms with Crippen LogP contribution >= 0.6 is 35.0 Å². The summed E-state index contributed by atoms with van der Waals surface area (Å²) in [6, 6.07) is 7.90. The summed E-state index contributed by atoms with van der Waals surface area (Å²) in [5.74, 6) is -0.0914. The minimum atomic E-state index is -2.31. The maximum atomic E-state index is 15.9. The number of hydrogen-bond donors (Lipinski definition) is 3. The number of pyridine rings is 1. The Labute approximate surface area is 182 Å². The van der Waals surface area contributed by atoms with Crippen molar-refractivity contribution >= 4 is 40.9 Å². The van der Waals surface area contributed by atoms with E-state index < -0.39 is 17.2 Å². The Bertz CT molecular complexity index is 904. The molecular weight excluding hydrogens is 438 g/mol. The topological polar surface area (TPSA) is 82.5 Å². The highest BCUT2D eigenvalue weighted by Gasteiger charge is 2.51. The van der Waals surface area contributed by atoms with Crippen molar-refractivity contribution in [2.75, 3.05) is 18.1 Å². The van der Waals surface area contributed by atoms with E-state index in [9.17, 15) is 9.90 Å². The second-order valence-corrected chi connectivity index (χ2v) is 8.88. The molecule has 0 fully saturated rings. The average molecular weight is 459 g/mol. The Morgan fingerprint density at radius 1 is 1.31 bits per heavy atom. The molecular formula is C20H21Cl2FN2O3S. The molecule has 9 heteroatoms. The molecule has 1 aromatic heterocycles. The number of amides is 1. The van der Waals surface area contributed by atoms with Crippen LogP contribution in [0.25, 0.3) is 0 Å². The SMILES string of the molecule is O=C(NCc1ccc(Cl)cc1Cl)[C@]1(F)CC[C@@](O)(CSCCO)c2ncccc21. The molecule has 2 atom stereocenters. The van der Waals surface area contributed by atoms with Crippen molar-refractivity contribution in [1.82, 2.24) is 10.3 Å². The number of nitrogens with zero attached hydrogens (tertiary/aromatic N) is 1. The fraction of sp³-hybridized carbons (Fsp3) is 0.400. The van der Waals surface area contributed by atoms with E-state index in [0.29, 0.717) is 21.4 Å². The summed E-state index contributed by atoms with van der Waals surface area (Å²) in [4.78, 5) is 17.0. The van der Waals surface area contributed by atoms with Gasteiger partial charge in [0.15, 0.2) is 0 Å². The molecule has 0 spiro atoms. The zero-order valence-corrected chi connectivity index (χ0v) is 17.8. The van der Waals surface area contributed by atoms with Crippen LogP contribution in [0.2, 0.25) is 10.0 Å². The summed E-state index contributed by atoms with van der Waals surface area (Å²) < 4.78 is 15.9. The zero-order valence-electron chi connectivity index (χ0n) is 15.5. The van der Waals surface area contributed by atoms with Gasteiger partial charge in [0.05, 0.1) is 12.3 Å². The summed E-state index contributed by atoms with van der Waals surface area (Å²) in [5, 5.41) is 23.5. The Hall–Kier alpha value is -1.38. The molecule has 0 saturated heterocycles. The number of nitrogens with one attached hydrogen (secondary N) is 1. The van der Waals surface area contributed by atoms with E-state index >= 15 is 4.39 Å². The lowest BCUT2D eigenvalue weighted by Crippen LogP contribution is -2.48. The smallest absolute Gasteiger partial charge is 0.262 e. The van der Waals surface area contributed by atoms with E-state index in [1.165, 1.54) is 24.0 Å². The van der Waals surface area contributed by atoms with E-state index in [2.05, 4.69) is 10.3 Å². The van der Waals surface area contributed by atoms with Gasteiger partial charge in [0.2, 0.25) is 5.67 Å². The number of fused-ring (bicyclic) bond motifs is 1. The number of aliphatic hydroxyl groups is 2. The van der Waals surface area contributed by atoms with E-state index in [0.717, 1.165) is 0 Å². The molecule has 0 aliphatic heterocycles. The quantitative estimate of drug-likeness (QED) is 0.552. The molecule has 2 aromatic rings. The third-order valence-electron chi connectivity index (χ3n) is 4.95. The number of rotatable bonds is 7. The van der Waals surface area contributed by atoms with Crippen molar-refractivity contribution in [3.05, 3.63) is 63.4 Å². The van der Waals surface area contributed by atoms with E-state index in [4.69, 9.17) is 28.3 Å². The second kappa shape index (κ2) is 9.18. The van der Waals surface area contributed by atoms with Crippen LogP contribution < -0.4 is 5.32 Å². The van der Waals surface area contributed by atoms with Crippen LogP contribution in [0.5, 0.6) is 0 Å². The summed E-state index contributed by atoms with van der Waals surface area (Å²) in [6.45, 7) is 0.0330. The summed E-state index contributed by atoms with van der Waals surface area (Å²) in [7, 11) is 0. The van der Waals surface area contributed by atoms with Gasteiger partial charge in [0, 0.05) is 39.9 Å². The minimum Gasteiger partial charge on any atom is -0.396 e. The van der Waals surface area contributed by atoms with Crippen molar-refractivity contribution in [1.29, 1.82) is 0 Å². The predicted octanol–water partition coefficient (Wildman–Crippen LogP) is 3.58. The molecule has 0 unspecified atom stereocenters. The Balaban J connectivity index is 1.81. The van der Waals surface area contributed by atoms with E-state index in [-0.39, 0.29) is 43.0 Å². The first-order valence-corrected chi connectivity index (χ1v) is 11.0. The molecule has 5 nitrogen and oxygen atoms in total. The van der Waals surface area contributed by atoms with Gasteiger partial charge in [0.1, 0.15) is 5.60 Å². The molecule has 3 rings (SSSR count). The van der Waals surface area contributed by atoms with E-state index in [1.807, 2.05) is 0 Å². The van der Waals surface area contributed by atoms with Crippen LogP contribution in [0.1, 0.15) is 29.7 Å². The predicted molar refractivity (Wildman–Crippen MR) is 113 cm³/mol. The van der Waals surface area contributed by atoms with Gasteiger partial charge in [0.25, 0.3) is 5.91 Å². The van der Waals surface area contributed by atoms with Gasteiger partial charge in [-0.25, -0.2) is 4.39 Å². The highest BCUT2D eigenvalue weighted by Crippen LogP contribution is 2.46. The van der Waals surface area contributed by atoms with Gasteiger partial charge in [-0.1, -0.05) is 35.3 Å². The summed E-state index contributed by atoms with van der Waals surface area (Å²) in [6.07, 6.45) is 1.33. The van der Waals surface area contributed by atoms with Gasteiger partial charge >= 0.3 is 0 Å². The molecule has 1 amide bonds. The fourth-order valence-electron chi connectivity index (χ4n) is 3.39. The average Bonchev–Trinajstić information content (AvgIpc) is 2.71. The number of alkyl halides is 1. The molecule has 0 saturated carbocycles. The third-order valence-corrected chi connectivity index (χ3v) is 6.69. The number of aliphatic hydroxyl groups excluding tert-OH is 1. The van der Waals surface area contributed by atoms with Crippen molar-refractivity contribution in [3.63, 3.8) is 0 Å². The molecule has 0 bridgehead atoms. The number of halogens is 3. The number of hydrogen-bond acceptors (Lipinski definition) is 5. The fourth-order valence-corrected chi connectivity index (χ4v) is 4.76. The first-order chi connectivity index (χ1) is 13.8. The number of carbonyl (C=O) groups excluding carboxylic acids is 1. The van der Waals surface area contributed by atoms with Gasteiger partial charge in [-0.2, -0.15) is 11.8 Å². The molecule has 1 aromatic carbocycles. The lowest BCUT2D eigenvalue weighted by atomic mass is 9.75. The normalized spacial score (nSPS) is 23.5. The maximum Gasteiger partial charge on any atom is 0.262 e. The molecule has 0 radical (unpaired) electrons. The molecule has 3 N–H and O–H groups in total. The van der Waals surface area contributed by atoms with Crippen molar-refractivity contribution in [2.45, 2.75) is 30.7 Å². The van der Waals surface area contributed by atoms with Gasteiger partial charge < -0.3 is 15.5 Å². The monoisotopic (exact) mass is 458 g/mol. The molecule has 1 aliphatic rings. The van der Waals surface area contributed by atoms with Crippen LogP contribution in [0.4, 0.5) is 4.39 Å². The lowest BCUT2D eigenvalue weighted by molar-refractivity contribution is -0.136. The van der Waals surface area contributed by atoms with Gasteiger partial charge in [-0.3, -0.25) is 9.78 Å². The maximum absolute atomic E-state index is 15.9. The van der Waals surface area contributed by atoms with Crippen LogP contribution in [-0.4, -0.2) is 39.2 Å². The lowest BCUT2D eigenvalue weighted by Gasteiger charge is -2.39. The number of thioether (sulfide) groups is 1. The van der Waals surface area contributed by atoms with Crippen molar-refractivity contribution in [3.8, 4) is 0 Å². The van der Waals surface area contributed by atoms with Crippen molar-refractivity contribution in [2.24, 2.45) is 0 Å². The second-order valence-electron chi connectivity index (χ2n) is 6.93. The minimum absolute atomic E-state index is 0.0153. The largest absolute Gasteiger partial charge is 0.396 e.